The maximum absolute atomic E-state index is 7.26. The van der Waals surface area contributed by atoms with Gasteiger partial charge in [-0.05, 0) is 23.3 Å². The van der Waals surface area contributed by atoms with Crippen LogP contribution in [0.5, 0.6) is 0 Å². The Balaban J connectivity index is 2.08. The molecule has 0 amide bonds. The van der Waals surface area contributed by atoms with Crippen LogP contribution in [0.1, 0.15) is 20.4 Å². The summed E-state index contributed by atoms with van der Waals surface area (Å²) in [6.45, 7) is 0.344. The van der Waals surface area contributed by atoms with Crippen molar-refractivity contribution in [2.24, 2.45) is 0 Å². The Bertz CT molecular complexity index is 820. The van der Waals surface area contributed by atoms with E-state index < -0.39 is 0 Å². The SMILES string of the molecule is [2H]CCCc1nc(-c2ccc3ccccc3c2)c([B])nc1N. The second kappa shape index (κ2) is 5.56. The highest BCUT2D eigenvalue weighted by Crippen LogP contribution is 2.23. The molecule has 1 aromatic heterocycles. The van der Waals surface area contributed by atoms with Gasteiger partial charge in [0.05, 0.1) is 11.4 Å². The molecule has 3 rings (SSSR count). The van der Waals surface area contributed by atoms with E-state index in [1.165, 1.54) is 5.39 Å². The third-order valence-electron chi connectivity index (χ3n) is 3.46. The summed E-state index contributed by atoms with van der Waals surface area (Å²) >= 11 is 0. The zero-order valence-corrected chi connectivity index (χ0v) is 11.7. The number of nitrogens with zero attached hydrogens (tertiary/aromatic N) is 2. The average Bonchev–Trinajstić information content (AvgIpc) is 2.53. The van der Waals surface area contributed by atoms with Gasteiger partial charge >= 0.3 is 0 Å². The van der Waals surface area contributed by atoms with Crippen molar-refractivity contribution in [1.82, 2.24) is 9.97 Å². The number of fused-ring (bicyclic) bond motifs is 1. The van der Waals surface area contributed by atoms with Gasteiger partial charge in [-0.2, -0.15) is 0 Å². The molecular formula is C17H16BN3. The zero-order chi connectivity index (χ0) is 15.5. The number of hydrogen-bond donors (Lipinski definition) is 1. The molecule has 21 heavy (non-hydrogen) atoms. The standard InChI is InChI=1S/C17H16BN3/c1-2-5-14-17(19)21-16(18)15(20-14)13-9-8-11-6-3-4-7-12(11)10-13/h3-4,6-10H,2,5H2,1H3,(H2,19,21)/i1D. The molecule has 0 unspecified atom stereocenters. The summed E-state index contributed by atoms with van der Waals surface area (Å²) in [6, 6.07) is 14.2. The minimum atomic E-state index is 0.336. The van der Waals surface area contributed by atoms with E-state index in [1.54, 1.807) is 0 Å². The quantitative estimate of drug-likeness (QED) is 0.747. The minimum Gasteiger partial charge on any atom is -0.382 e. The van der Waals surface area contributed by atoms with E-state index in [2.05, 4.69) is 28.2 Å². The van der Waals surface area contributed by atoms with Gasteiger partial charge in [-0.25, -0.2) is 9.97 Å². The number of hydrogen-bond acceptors (Lipinski definition) is 3. The van der Waals surface area contributed by atoms with Crippen LogP contribution in [0.25, 0.3) is 22.0 Å². The predicted molar refractivity (Wildman–Crippen MR) is 88.8 cm³/mol. The number of nitrogen functional groups attached to an aromatic ring is 1. The molecule has 0 bridgehead atoms. The highest BCUT2D eigenvalue weighted by molar-refractivity contribution is 6.34. The molecule has 0 aliphatic carbocycles. The van der Waals surface area contributed by atoms with Crippen molar-refractivity contribution >= 4 is 30.0 Å². The van der Waals surface area contributed by atoms with Crippen LogP contribution >= 0.6 is 0 Å². The molecule has 0 atom stereocenters. The van der Waals surface area contributed by atoms with E-state index in [9.17, 15) is 0 Å². The number of benzene rings is 2. The fourth-order valence-corrected chi connectivity index (χ4v) is 2.40. The second-order valence-electron chi connectivity index (χ2n) is 4.95. The van der Waals surface area contributed by atoms with Crippen molar-refractivity contribution in [2.45, 2.75) is 19.7 Å². The fraction of sp³-hybridized carbons (Fsp3) is 0.176. The van der Waals surface area contributed by atoms with Crippen molar-refractivity contribution in [3.05, 3.63) is 48.2 Å². The van der Waals surface area contributed by atoms with Crippen LogP contribution in [0, 0.1) is 0 Å². The Labute approximate surface area is 127 Å². The Morgan fingerprint density at radius 2 is 1.95 bits per heavy atom. The Hall–Kier alpha value is -2.36. The summed E-state index contributed by atoms with van der Waals surface area (Å²) in [5, 5.41) is 2.30. The molecular weight excluding hydrogens is 257 g/mol. The Morgan fingerprint density at radius 1 is 1.14 bits per heavy atom. The Morgan fingerprint density at radius 3 is 2.76 bits per heavy atom. The molecule has 0 saturated carbocycles. The van der Waals surface area contributed by atoms with E-state index >= 15 is 0 Å². The van der Waals surface area contributed by atoms with Gasteiger partial charge in [-0.1, -0.05) is 49.7 Å². The second-order valence-corrected chi connectivity index (χ2v) is 4.95. The third kappa shape index (κ3) is 2.61. The molecule has 0 saturated heterocycles. The first-order valence-corrected chi connectivity index (χ1v) is 6.89. The smallest absolute Gasteiger partial charge is 0.144 e. The fourth-order valence-electron chi connectivity index (χ4n) is 2.40. The van der Waals surface area contributed by atoms with Crippen molar-refractivity contribution < 1.29 is 1.37 Å². The monoisotopic (exact) mass is 274 g/mol. The molecule has 2 N–H and O–H groups in total. The lowest BCUT2D eigenvalue weighted by atomic mass is 9.95. The molecule has 2 radical (unpaired) electrons. The van der Waals surface area contributed by atoms with E-state index in [1.807, 2.05) is 24.3 Å². The molecule has 4 heteroatoms. The molecule has 0 aliphatic rings. The Kier molecular flexibility index (Phi) is 3.28. The maximum Gasteiger partial charge on any atom is 0.144 e. The molecule has 0 fully saturated rings. The average molecular weight is 274 g/mol. The normalized spacial score (nSPS) is 11.5. The van der Waals surface area contributed by atoms with Crippen LogP contribution in [0.3, 0.4) is 0 Å². The van der Waals surface area contributed by atoms with E-state index in [0.717, 1.165) is 10.9 Å². The highest BCUT2D eigenvalue weighted by atomic mass is 14.9. The lowest BCUT2D eigenvalue weighted by Gasteiger charge is -2.11. The molecule has 102 valence electrons. The van der Waals surface area contributed by atoms with Crippen LogP contribution in [0.4, 0.5) is 5.82 Å². The van der Waals surface area contributed by atoms with Gasteiger partial charge in [0.1, 0.15) is 13.7 Å². The number of rotatable bonds is 3. The van der Waals surface area contributed by atoms with Gasteiger partial charge in [0, 0.05) is 12.5 Å². The number of aryl methyl sites for hydroxylation is 1. The van der Waals surface area contributed by atoms with Gasteiger partial charge in [0.25, 0.3) is 0 Å². The van der Waals surface area contributed by atoms with Crippen LogP contribution in [0.2, 0.25) is 0 Å². The van der Waals surface area contributed by atoms with Crippen molar-refractivity contribution in [1.29, 1.82) is 0 Å². The summed E-state index contributed by atoms with van der Waals surface area (Å²) in [5.41, 5.74) is 8.51. The third-order valence-corrected chi connectivity index (χ3v) is 3.46. The van der Waals surface area contributed by atoms with E-state index in [-0.39, 0.29) is 0 Å². The molecule has 1 heterocycles. The molecule has 2 aromatic carbocycles. The highest BCUT2D eigenvalue weighted by Gasteiger charge is 2.10. The first-order valence-electron chi connectivity index (χ1n) is 7.60. The molecule has 0 aliphatic heterocycles. The first kappa shape index (κ1) is 12.4. The molecule has 3 aromatic rings. The van der Waals surface area contributed by atoms with Gasteiger partial charge in [-0.15, -0.1) is 0 Å². The molecule has 3 nitrogen and oxygen atoms in total. The van der Waals surface area contributed by atoms with Gasteiger partial charge in [0.2, 0.25) is 0 Å². The number of aromatic nitrogens is 2. The lowest BCUT2D eigenvalue weighted by molar-refractivity contribution is 0.880. The van der Waals surface area contributed by atoms with Crippen molar-refractivity contribution in [2.75, 3.05) is 5.73 Å². The minimum absolute atomic E-state index is 0.336. The van der Waals surface area contributed by atoms with Crippen LogP contribution < -0.4 is 11.3 Å². The first-order chi connectivity index (χ1) is 10.7. The van der Waals surface area contributed by atoms with Gasteiger partial charge in [0.15, 0.2) is 0 Å². The molecule has 0 spiro atoms. The largest absolute Gasteiger partial charge is 0.382 e. The maximum atomic E-state index is 7.26. The van der Waals surface area contributed by atoms with E-state index in [4.69, 9.17) is 15.0 Å². The van der Waals surface area contributed by atoms with Crippen molar-refractivity contribution in [3.63, 3.8) is 0 Å². The van der Waals surface area contributed by atoms with Crippen LogP contribution in [0.15, 0.2) is 42.5 Å². The van der Waals surface area contributed by atoms with E-state index in [0.29, 0.717) is 42.5 Å². The number of anilines is 1. The van der Waals surface area contributed by atoms with Gasteiger partial charge in [-0.3, -0.25) is 0 Å². The summed E-state index contributed by atoms with van der Waals surface area (Å²) in [7, 11) is 6.00. The van der Waals surface area contributed by atoms with Crippen LogP contribution in [-0.2, 0) is 6.42 Å². The number of nitrogens with two attached hydrogens (primary N) is 1. The summed E-state index contributed by atoms with van der Waals surface area (Å²) in [6.07, 6.45) is 1.35. The predicted octanol–water partition coefficient (Wildman–Crippen LogP) is 2.63. The zero-order valence-electron chi connectivity index (χ0n) is 12.7. The van der Waals surface area contributed by atoms with Crippen molar-refractivity contribution in [3.8, 4) is 11.3 Å². The summed E-state index contributed by atoms with van der Waals surface area (Å²) in [5.74, 6) is 0.357. The van der Waals surface area contributed by atoms with Crippen LogP contribution in [-0.4, -0.2) is 17.8 Å². The topological polar surface area (TPSA) is 51.8 Å². The lowest BCUT2D eigenvalue weighted by Crippen LogP contribution is -2.18. The summed E-state index contributed by atoms with van der Waals surface area (Å²) in [4.78, 5) is 8.81. The van der Waals surface area contributed by atoms with Gasteiger partial charge < -0.3 is 5.73 Å². The summed E-state index contributed by atoms with van der Waals surface area (Å²) < 4.78 is 7.26.